The Labute approximate surface area is 125 Å². The number of aryl methyl sites for hydroxylation is 2. The maximum atomic E-state index is 12.5. The van der Waals surface area contributed by atoms with Gasteiger partial charge < -0.3 is 4.90 Å². The zero-order valence-corrected chi connectivity index (χ0v) is 12.6. The minimum atomic E-state index is 0.00570. The third-order valence-corrected chi connectivity index (χ3v) is 3.32. The van der Waals surface area contributed by atoms with Gasteiger partial charge in [0.25, 0.3) is 5.91 Å². The lowest BCUT2D eigenvalue weighted by atomic mass is 10.1. The summed E-state index contributed by atoms with van der Waals surface area (Å²) in [4.78, 5) is 14.1. The van der Waals surface area contributed by atoms with E-state index in [1.54, 1.807) is 24.1 Å². The van der Waals surface area contributed by atoms with E-state index in [-0.39, 0.29) is 5.91 Å². The van der Waals surface area contributed by atoms with Crippen molar-refractivity contribution in [1.82, 2.24) is 4.90 Å². The van der Waals surface area contributed by atoms with Crippen molar-refractivity contribution in [2.45, 2.75) is 20.4 Å². The lowest BCUT2D eigenvalue weighted by molar-refractivity contribution is 0.0785. The number of rotatable bonds is 3. The van der Waals surface area contributed by atoms with Gasteiger partial charge in [-0.25, -0.2) is 0 Å². The Kier molecular flexibility index (Phi) is 4.39. The molecule has 0 heterocycles. The standard InChI is InChI=1S/C18H18N2O/c1-13-8-14(2)10-17(9-13)18(21)20(3)12-16-6-4-15(11-19)5-7-16/h4-10H,12H2,1-3H3. The van der Waals surface area contributed by atoms with Crippen LogP contribution < -0.4 is 0 Å². The minimum Gasteiger partial charge on any atom is -0.337 e. The van der Waals surface area contributed by atoms with Crippen LogP contribution in [0.15, 0.2) is 42.5 Å². The van der Waals surface area contributed by atoms with Gasteiger partial charge in [-0.15, -0.1) is 0 Å². The Morgan fingerprint density at radius 3 is 2.19 bits per heavy atom. The first-order chi connectivity index (χ1) is 9.99. The zero-order chi connectivity index (χ0) is 15.4. The van der Waals surface area contributed by atoms with Crippen molar-refractivity contribution in [2.24, 2.45) is 0 Å². The lowest BCUT2D eigenvalue weighted by Crippen LogP contribution is -2.26. The van der Waals surface area contributed by atoms with Crippen LogP contribution in [0.2, 0.25) is 0 Å². The van der Waals surface area contributed by atoms with Crippen molar-refractivity contribution < 1.29 is 4.79 Å². The molecule has 0 aliphatic rings. The lowest BCUT2D eigenvalue weighted by Gasteiger charge is -2.18. The maximum Gasteiger partial charge on any atom is 0.253 e. The first-order valence-corrected chi connectivity index (χ1v) is 6.82. The summed E-state index contributed by atoms with van der Waals surface area (Å²) in [6, 6.07) is 15.2. The van der Waals surface area contributed by atoms with E-state index >= 15 is 0 Å². The summed E-state index contributed by atoms with van der Waals surface area (Å²) in [7, 11) is 1.79. The Morgan fingerprint density at radius 2 is 1.67 bits per heavy atom. The van der Waals surface area contributed by atoms with Gasteiger partial charge in [-0.05, 0) is 43.7 Å². The highest BCUT2D eigenvalue weighted by Gasteiger charge is 2.12. The molecule has 3 heteroatoms. The summed E-state index contributed by atoms with van der Waals surface area (Å²) in [5, 5.41) is 8.78. The normalized spacial score (nSPS) is 10.0. The molecule has 106 valence electrons. The molecular weight excluding hydrogens is 260 g/mol. The third-order valence-electron chi connectivity index (χ3n) is 3.32. The third kappa shape index (κ3) is 3.70. The number of hydrogen-bond donors (Lipinski definition) is 0. The number of nitrogens with zero attached hydrogens (tertiary/aromatic N) is 2. The fraction of sp³-hybridized carbons (Fsp3) is 0.222. The molecule has 21 heavy (non-hydrogen) atoms. The van der Waals surface area contributed by atoms with Gasteiger partial charge in [0.1, 0.15) is 0 Å². The second-order valence-corrected chi connectivity index (χ2v) is 5.35. The van der Waals surface area contributed by atoms with Crippen LogP contribution in [-0.4, -0.2) is 17.9 Å². The molecule has 0 aliphatic carbocycles. The minimum absolute atomic E-state index is 0.00570. The topological polar surface area (TPSA) is 44.1 Å². The number of amides is 1. The second-order valence-electron chi connectivity index (χ2n) is 5.35. The molecule has 0 aliphatic heterocycles. The zero-order valence-electron chi connectivity index (χ0n) is 12.6. The van der Waals surface area contributed by atoms with Crippen molar-refractivity contribution in [3.8, 4) is 6.07 Å². The van der Waals surface area contributed by atoms with Gasteiger partial charge in [0.2, 0.25) is 0 Å². The molecular formula is C18H18N2O. The largest absolute Gasteiger partial charge is 0.337 e. The Balaban J connectivity index is 2.13. The summed E-state index contributed by atoms with van der Waals surface area (Å²) in [5.41, 5.74) is 4.52. The van der Waals surface area contributed by atoms with Crippen molar-refractivity contribution in [1.29, 1.82) is 5.26 Å². The van der Waals surface area contributed by atoms with Crippen molar-refractivity contribution in [3.05, 3.63) is 70.3 Å². The SMILES string of the molecule is Cc1cc(C)cc(C(=O)N(C)Cc2ccc(C#N)cc2)c1. The van der Waals surface area contributed by atoms with Crippen LogP contribution in [0.4, 0.5) is 0 Å². The smallest absolute Gasteiger partial charge is 0.253 e. The summed E-state index contributed by atoms with van der Waals surface area (Å²) in [6.45, 7) is 4.51. The van der Waals surface area contributed by atoms with Gasteiger partial charge in [-0.2, -0.15) is 5.26 Å². The first-order valence-electron chi connectivity index (χ1n) is 6.82. The average Bonchev–Trinajstić information content (AvgIpc) is 2.46. The van der Waals surface area contributed by atoms with E-state index in [1.165, 1.54) is 0 Å². The van der Waals surface area contributed by atoms with E-state index < -0.39 is 0 Å². The molecule has 0 saturated heterocycles. The molecule has 0 atom stereocenters. The molecule has 2 aromatic carbocycles. The van der Waals surface area contributed by atoms with Crippen molar-refractivity contribution >= 4 is 5.91 Å². The van der Waals surface area contributed by atoms with E-state index in [2.05, 4.69) is 12.1 Å². The quantitative estimate of drug-likeness (QED) is 0.863. The molecule has 0 spiro atoms. The first kappa shape index (κ1) is 14.8. The second kappa shape index (κ2) is 6.23. The Bertz CT molecular complexity index is 676. The molecule has 0 radical (unpaired) electrons. The van der Waals surface area contributed by atoms with E-state index in [1.807, 2.05) is 38.1 Å². The predicted octanol–water partition coefficient (Wildman–Crippen LogP) is 3.45. The van der Waals surface area contributed by atoms with Gasteiger partial charge >= 0.3 is 0 Å². The van der Waals surface area contributed by atoms with Crippen LogP contribution in [0.5, 0.6) is 0 Å². The van der Waals surface area contributed by atoms with Crippen LogP contribution >= 0.6 is 0 Å². The molecule has 1 amide bonds. The molecule has 0 saturated carbocycles. The summed E-state index contributed by atoms with van der Waals surface area (Å²) >= 11 is 0. The molecule has 3 nitrogen and oxygen atoms in total. The fourth-order valence-corrected chi connectivity index (χ4v) is 2.35. The summed E-state index contributed by atoms with van der Waals surface area (Å²) < 4.78 is 0. The van der Waals surface area contributed by atoms with E-state index in [4.69, 9.17) is 5.26 Å². The van der Waals surface area contributed by atoms with Gasteiger partial charge in [-0.1, -0.05) is 29.3 Å². The monoisotopic (exact) mass is 278 g/mol. The molecule has 0 bridgehead atoms. The van der Waals surface area contributed by atoms with Crippen molar-refractivity contribution in [2.75, 3.05) is 7.05 Å². The van der Waals surface area contributed by atoms with Crippen LogP contribution in [0.3, 0.4) is 0 Å². The number of benzene rings is 2. The van der Waals surface area contributed by atoms with E-state index in [0.717, 1.165) is 16.7 Å². The highest BCUT2D eigenvalue weighted by Crippen LogP contribution is 2.13. The van der Waals surface area contributed by atoms with Crippen LogP contribution in [0.1, 0.15) is 32.6 Å². The fourth-order valence-electron chi connectivity index (χ4n) is 2.35. The van der Waals surface area contributed by atoms with Crippen LogP contribution in [-0.2, 0) is 6.54 Å². The average molecular weight is 278 g/mol. The van der Waals surface area contributed by atoms with E-state index in [9.17, 15) is 4.79 Å². The predicted molar refractivity (Wildman–Crippen MR) is 82.9 cm³/mol. The van der Waals surface area contributed by atoms with Gasteiger partial charge in [0.15, 0.2) is 0 Å². The molecule has 0 aromatic heterocycles. The van der Waals surface area contributed by atoms with Crippen molar-refractivity contribution in [3.63, 3.8) is 0 Å². The molecule has 0 unspecified atom stereocenters. The maximum absolute atomic E-state index is 12.5. The number of nitriles is 1. The highest BCUT2D eigenvalue weighted by atomic mass is 16.2. The van der Waals surface area contributed by atoms with Gasteiger partial charge in [0, 0.05) is 19.2 Å². The highest BCUT2D eigenvalue weighted by molar-refractivity contribution is 5.94. The Hall–Kier alpha value is -2.60. The molecule has 2 rings (SSSR count). The number of carbonyl (C=O) groups excluding carboxylic acids is 1. The molecule has 0 N–H and O–H groups in total. The van der Waals surface area contributed by atoms with Gasteiger partial charge in [-0.3, -0.25) is 4.79 Å². The Morgan fingerprint density at radius 1 is 1.10 bits per heavy atom. The number of hydrogen-bond acceptors (Lipinski definition) is 2. The molecule has 0 fully saturated rings. The number of carbonyl (C=O) groups is 1. The summed E-state index contributed by atoms with van der Waals surface area (Å²) in [6.07, 6.45) is 0. The van der Waals surface area contributed by atoms with Crippen LogP contribution in [0.25, 0.3) is 0 Å². The van der Waals surface area contributed by atoms with Gasteiger partial charge in [0.05, 0.1) is 11.6 Å². The van der Waals surface area contributed by atoms with E-state index in [0.29, 0.717) is 17.7 Å². The molecule has 2 aromatic rings. The van der Waals surface area contributed by atoms with Crippen LogP contribution in [0, 0.1) is 25.2 Å². The summed E-state index contributed by atoms with van der Waals surface area (Å²) in [5.74, 6) is 0.00570.